The lowest BCUT2D eigenvalue weighted by Gasteiger charge is -2.26. The van der Waals surface area contributed by atoms with Crippen LogP contribution < -0.4 is 19.6 Å². The van der Waals surface area contributed by atoms with E-state index in [1.807, 2.05) is 91.2 Å². The third kappa shape index (κ3) is 5.46. The summed E-state index contributed by atoms with van der Waals surface area (Å²) in [4.78, 5) is 34.1. The zero-order chi connectivity index (χ0) is 28.1. The highest BCUT2D eigenvalue weighted by Crippen LogP contribution is 2.35. The summed E-state index contributed by atoms with van der Waals surface area (Å²) in [6, 6.07) is 24.3. The molecule has 202 valence electrons. The molecule has 0 bridgehead atoms. The summed E-state index contributed by atoms with van der Waals surface area (Å²) in [7, 11) is 0. The van der Waals surface area contributed by atoms with Crippen molar-refractivity contribution in [3.63, 3.8) is 0 Å². The van der Waals surface area contributed by atoms with E-state index in [1.165, 1.54) is 11.3 Å². The van der Waals surface area contributed by atoms with Crippen LogP contribution in [-0.4, -0.2) is 30.0 Å². The van der Waals surface area contributed by atoms with Gasteiger partial charge < -0.3 is 9.47 Å². The molecule has 8 heteroatoms. The zero-order valence-corrected chi connectivity index (χ0v) is 23.8. The second-order valence-corrected chi connectivity index (χ2v) is 10.7. The molecule has 0 aliphatic carbocycles. The van der Waals surface area contributed by atoms with Gasteiger partial charge in [-0.3, -0.25) is 9.36 Å². The van der Waals surface area contributed by atoms with Crippen molar-refractivity contribution in [3.8, 4) is 5.75 Å². The molecular formula is C32H28N2O4S2. The van der Waals surface area contributed by atoms with E-state index in [-0.39, 0.29) is 12.2 Å². The van der Waals surface area contributed by atoms with Gasteiger partial charge in [-0.25, -0.2) is 9.79 Å². The molecular weight excluding hydrogens is 540 g/mol. The Hall–Kier alpha value is -4.14. The molecule has 0 unspecified atom stereocenters. The Morgan fingerprint density at radius 2 is 1.80 bits per heavy atom. The molecule has 1 aliphatic rings. The van der Waals surface area contributed by atoms with E-state index in [9.17, 15) is 9.59 Å². The molecule has 0 amide bonds. The average Bonchev–Trinajstić information content (AvgIpc) is 3.30. The number of fused-ring (bicyclic) bond motifs is 1. The molecule has 40 heavy (non-hydrogen) atoms. The van der Waals surface area contributed by atoms with Crippen molar-refractivity contribution >= 4 is 40.8 Å². The average molecular weight is 569 g/mol. The monoisotopic (exact) mass is 568 g/mol. The number of rotatable bonds is 9. The molecule has 0 N–H and O–H groups in total. The fourth-order valence-corrected chi connectivity index (χ4v) is 5.96. The van der Waals surface area contributed by atoms with Crippen molar-refractivity contribution in [1.82, 2.24) is 4.57 Å². The predicted octanol–water partition coefficient (Wildman–Crippen LogP) is 5.22. The third-order valence-electron chi connectivity index (χ3n) is 6.37. The van der Waals surface area contributed by atoms with Crippen molar-refractivity contribution in [1.29, 1.82) is 0 Å². The number of hydrogen-bond acceptors (Lipinski definition) is 7. The third-order valence-corrected chi connectivity index (χ3v) is 8.09. The lowest BCUT2D eigenvalue weighted by atomic mass is 9.93. The van der Waals surface area contributed by atoms with Gasteiger partial charge in [0.25, 0.3) is 5.56 Å². The maximum Gasteiger partial charge on any atom is 0.338 e. The number of thioether (sulfide) groups is 1. The summed E-state index contributed by atoms with van der Waals surface area (Å²) in [5.41, 5.74) is 2.93. The molecule has 3 aromatic carbocycles. The van der Waals surface area contributed by atoms with Crippen LogP contribution in [-0.2, 0) is 9.53 Å². The number of nitrogens with zero attached hydrogens (tertiary/aromatic N) is 2. The summed E-state index contributed by atoms with van der Waals surface area (Å²) in [6.45, 7) is 6.04. The Morgan fingerprint density at radius 3 is 2.50 bits per heavy atom. The number of hydrogen-bond donors (Lipinski definition) is 0. The quantitative estimate of drug-likeness (QED) is 0.157. The number of benzene rings is 3. The van der Waals surface area contributed by atoms with Crippen LogP contribution in [0.3, 0.4) is 0 Å². The Labute approximate surface area is 240 Å². The predicted molar refractivity (Wildman–Crippen MR) is 161 cm³/mol. The van der Waals surface area contributed by atoms with Gasteiger partial charge in [0.1, 0.15) is 12.4 Å². The highest BCUT2D eigenvalue weighted by molar-refractivity contribution is 7.98. The van der Waals surface area contributed by atoms with Crippen LogP contribution >= 0.6 is 23.1 Å². The van der Waals surface area contributed by atoms with Gasteiger partial charge in [0.2, 0.25) is 0 Å². The van der Waals surface area contributed by atoms with Gasteiger partial charge in [0, 0.05) is 16.0 Å². The van der Waals surface area contributed by atoms with Gasteiger partial charge in [-0.2, -0.15) is 0 Å². The van der Waals surface area contributed by atoms with Gasteiger partial charge in [-0.05, 0) is 43.0 Å². The second-order valence-electron chi connectivity index (χ2n) is 8.84. The van der Waals surface area contributed by atoms with Crippen molar-refractivity contribution < 1.29 is 14.3 Å². The first-order chi connectivity index (χ1) is 19.5. The lowest BCUT2D eigenvalue weighted by molar-refractivity contribution is -0.138. The summed E-state index contributed by atoms with van der Waals surface area (Å²) >= 11 is 2.91. The van der Waals surface area contributed by atoms with Gasteiger partial charge >= 0.3 is 5.97 Å². The number of aromatic nitrogens is 1. The van der Waals surface area contributed by atoms with E-state index in [0.717, 1.165) is 21.6 Å². The Kier molecular flexibility index (Phi) is 8.48. The highest BCUT2D eigenvalue weighted by atomic mass is 32.2. The van der Waals surface area contributed by atoms with Crippen molar-refractivity contribution in [2.45, 2.75) is 17.9 Å². The van der Waals surface area contributed by atoms with Crippen molar-refractivity contribution in [2.75, 3.05) is 19.5 Å². The second kappa shape index (κ2) is 12.4. The molecule has 0 radical (unpaired) electrons. The van der Waals surface area contributed by atoms with E-state index >= 15 is 0 Å². The van der Waals surface area contributed by atoms with Crippen molar-refractivity contribution in [3.05, 3.63) is 133 Å². The summed E-state index contributed by atoms with van der Waals surface area (Å²) in [5.74, 6) is 0.149. The lowest BCUT2D eigenvalue weighted by Crippen LogP contribution is -2.40. The topological polar surface area (TPSA) is 69.9 Å². The smallest absolute Gasteiger partial charge is 0.338 e. The minimum atomic E-state index is -0.712. The molecule has 0 saturated heterocycles. The molecule has 0 saturated carbocycles. The maximum atomic E-state index is 14.1. The summed E-state index contributed by atoms with van der Waals surface area (Å²) < 4.78 is 13.4. The number of carbonyl (C=O) groups excluding carboxylic acids is 1. The van der Waals surface area contributed by atoms with E-state index in [1.54, 1.807) is 29.3 Å². The minimum absolute atomic E-state index is 0.203. The number of esters is 1. The number of ether oxygens (including phenoxy) is 2. The van der Waals surface area contributed by atoms with Crippen LogP contribution in [0, 0.1) is 0 Å². The van der Waals surface area contributed by atoms with E-state index < -0.39 is 12.0 Å². The molecule has 4 aromatic rings. The molecule has 5 rings (SSSR count). The number of thiazole rings is 1. The zero-order valence-electron chi connectivity index (χ0n) is 22.2. The largest absolute Gasteiger partial charge is 0.489 e. The minimum Gasteiger partial charge on any atom is -0.489 e. The van der Waals surface area contributed by atoms with E-state index in [0.29, 0.717) is 33.0 Å². The fraction of sp³-hybridized carbons (Fsp3) is 0.156. The molecule has 0 fully saturated rings. The summed E-state index contributed by atoms with van der Waals surface area (Å²) in [5, 5.41) is 0. The van der Waals surface area contributed by atoms with Crippen LogP contribution in [0.1, 0.15) is 29.7 Å². The fourth-order valence-electron chi connectivity index (χ4n) is 4.56. The first kappa shape index (κ1) is 27.4. The molecule has 1 atom stereocenters. The molecule has 1 aliphatic heterocycles. The first-order valence-electron chi connectivity index (χ1n) is 12.8. The Balaban J connectivity index is 1.79. The van der Waals surface area contributed by atoms with E-state index in [4.69, 9.17) is 14.5 Å². The maximum absolute atomic E-state index is 14.1. The van der Waals surface area contributed by atoms with Crippen molar-refractivity contribution in [2.24, 2.45) is 4.99 Å². The highest BCUT2D eigenvalue weighted by Gasteiger charge is 2.35. The number of carbonyl (C=O) groups is 1. The Morgan fingerprint density at radius 1 is 1.07 bits per heavy atom. The van der Waals surface area contributed by atoms with E-state index in [2.05, 4.69) is 6.58 Å². The number of para-hydroxylation sites is 1. The molecule has 1 aromatic heterocycles. The normalized spacial score (nSPS) is 14.8. The SMILES string of the molecule is C=CCOc1ccccc1/C=c1/sc2n(c1=O)[C@H](c1ccc(SC)cc1)C(C(=O)OCC)=C(c1ccccc1)N=2. The van der Waals surface area contributed by atoms with Gasteiger partial charge in [-0.1, -0.05) is 84.7 Å². The van der Waals surface area contributed by atoms with Crippen LogP contribution in [0.2, 0.25) is 0 Å². The molecule has 2 heterocycles. The molecule has 0 spiro atoms. The van der Waals surface area contributed by atoms with Crippen LogP contribution in [0.5, 0.6) is 5.75 Å². The van der Waals surface area contributed by atoms with Crippen LogP contribution in [0.15, 0.2) is 112 Å². The van der Waals surface area contributed by atoms with Gasteiger partial charge in [0.05, 0.1) is 28.5 Å². The van der Waals surface area contributed by atoms with Gasteiger partial charge in [-0.15, -0.1) is 11.8 Å². The Bertz CT molecular complexity index is 1750. The van der Waals surface area contributed by atoms with Crippen LogP contribution in [0.25, 0.3) is 11.8 Å². The van der Waals surface area contributed by atoms with Gasteiger partial charge in [0.15, 0.2) is 4.80 Å². The summed E-state index contributed by atoms with van der Waals surface area (Å²) in [6.07, 6.45) is 5.49. The molecule has 6 nitrogen and oxygen atoms in total. The first-order valence-corrected chi connectivity index (χ1v) is 14.8. The standard InChI is InChI=1S/C32H28N2O4S2/c1-4-19-38-25-14-10-9-13-23(25)20-26-30(35)34-29(22-15-17-24(39-3)18-16-22)27(31(36)37-5-2)28(33-32(34)40-26)21-11-7-6-8-12-21/h4,6-18,20,29H,1,5,19H2,2-3H3/b26-20+/t29-/m1/s1. The van der Waals surface area contributed by atoms with Crippen LogP contribution in [0.4, 0.5) is 0 Å².